The van der Waals surface area contributed by atoms with Crippen molar-refractivity contribution in [2.45, 2.75) is 32.9 Å². The monoisotopic (exact) mass is 267 g/mol. The van der Waals surface area contributed by atoms with Gasteiger partial charge in [0.25, 0.3) is 0 Å². The fraction of sp³-hybridized carbons (Fsp3) is 0.500. The first-order valence-electron chi connectivity index (χ1n) is 6.35. The highest BCUT2D eigenvalue weighted by Gasteiger charge is 2.20. The first-order chi connectivity index (χ1) is 9.14. The molecule has 0 aromatic heterocycles. The summed E-state index contributed by atoms with van der Waals surface area (Å²) in [6.07, 6.45) is -0.0775. The summed E-state index contributed by atoms with van der Waals surface area (Å²) in [4.78, 5) is 11.7. The van der Waals surface area contributed by atoms with Crippen LogP contribution in [0.25, 0.3) is 0 Å². The molecule has 106 valence electrons. The van der Waals surface area contributed by atoms with Gasteiger partial charge in [-0.25, -0.2) is 4.79 Å². The Morgan fingerprint density at radius 1 is 1.26 bits per heavy atom. The summed E-state index contributed by atoms with van der Waals surface area (Å²) in [5.41, 5.74) is 6.49. The van der Waals surface area contributed by atoms with Crippen LogP contribution in [0.3, 0.4) is 0 Å². The zero-order chi connectivity index (χ0) is 14.3. The van der Waals surface area contributed by atoms with Crippen LogP contribution in [0, 0.1) is 0 Å². The van der Waals surface area contributed by atoms with Crippen molar-refractivity contribution in [3.8, 4) is 11.5 Å². The topological polar surface area (TPSA) is 70.8 Å². The Kier molecular flexibility index (Phi) is 6.15. The molecule has 0 bridgehead atoms. The van der Waals surface area contributed by atoms with Gasteiger partial charge in [0.2, 0.25) is 0 Å². The van der Waals surface area contributed by atoms with E-state index in [0.29, 0.717) is 31.1 Å². The Labute approximate surface area is 113 Å². The number of hydrogen-bond acceptors (Lipinski definition) is 5. The Balaban J connectivity index is 2.86. The molecule has 0 spiro atoms. The first kappa shape index (κ1) is 15.3. The number of carbonyl (C=O) groups excluding carboxylic acids is 1. The van der Waals surface area contributed by atoms with E-state index in [9.17, 15) is 4.79 Å². The normalized spacial score (nSPS) is 11.8. The molecule has 0 fully saturated rings. The number of hydrogen-bond donors (Lipinski definition) is 1. The van der Waals surface area contributed by atoms with E-state index in [4.69, 9.17) is 19.9 Å². The number of methoxy groups -OCH3 is 1. The van der Waals surface area contributed by atoms with Crippen molar-refractivity contribution >= 4 is 5.97 Å². The third-order valence-electron chi connectivity index (χ3n) is 2.61. The van der Waals surface area contributed by atoms with Crippen molar-refractivity contribution in [2.24, 2.45) is 5.73 Å². The smallest absolute Gasteiger partial charge is 0.347 e. The van der Waals surface area contributed by atoms with Gasteiger partial charge in [-0.05, 0) is 31.0 Å². The molecular weight excluding hydrogens is 246 g/mol. The molecule has 5 nitrogen and oxygen atoms in total. The number of rotatable bonds is 7. The molecule has 0 saturated heterocycles. The maximum atomic E-state index is 11.7. The Hall–Kier alpha value is -1.75. The predicted molar refractivity (Wildman–Crippen MR) is 72.2 cm³/mol. The maximum Gasteiger partial charge on any atom is 0.347 e. The fourth-order valence-corrected chi connectivity index (χ4v) is 1.63. The summed E-state index contributed by atoms with van der Waals surface area (Å²) in [7, 11) is 1.57. The van der Waals surface area contributed by atoms with E-state index in [1.165, 1.54) is 0 Å². The van der Waals surface area contributed by atoms with Crippen molar-refractivity contribution in [1.29, 1.82) is 0 Å². The van der Waals surface area contributed by atoms with E-state index in [1.54, 1.807) is 26.2 Å². The van der Waals surface area contributed by atoms with Crippen LogP contribution in [0.5, 0.6) is 11.5 Å². The largest absolute Gasteiger partial charge is 0.497 e. The van der Waals surface area contributed by atoms with Crippen LogP contribution >= 0.6 is 0 Å². The van der Waals surface area contributed by atoms with Gasteiger partial charge in [-0.1, -0.05) is 6.92 Å². The molecule has 1 aromatic carbocycles. The summed E-state index contributed by atoms with van der Waals surface area (Å²) in [6, 6.07) is 5.35. The predicted octanol–water partition coefficient (Wildman–Crippen LogP) is 1.87. The molecule has 0 saturated carbocycles. The highest BCUT2D eigenvalue weighted by Crippen LogP contribution is 2.24. The number of carbonyl (C=O) groups is 1. The second-order valence-electron chi connectivity index (χ2n) is 3.99. The van der Waals surface area contributed by atoms with E-state index >= 15 is 0 Å². The van der Waals surface area contributed by atoms with Crippen molar-refractivity contribution in [2.75, 3.05) is 13.7 Å². The molecule has 0 aliphatic carbocycles. The van der Waals surface area contributed by atoms with Crippen LogP contribution in [0.1, 0.15) is 25.8 Å². The first-order valence-corrected chi connectivity index (χ1v) is 6.35. The van der Waals surface area contributed by atoms with E-state index < -0.39 is 6.10 Å². The second-order valence-corrected chi connectivity index (χ2v) is 3.99. The fourth-order valence-electron chi connectivity index (χ4n) is 1.63. The van der Waals surface area contributed by atoms with E-state index in [1.807, 2.05) is 13.0 Å². The molecule has 1 unspecified atom stereocenters. The van der Waals surface area contributed by atoms with Gasteiger partial charge in [-0.2, -0.15) is 0 Å². The molecule has 2 N–H and O–H groups in total. The van der Waals surface area contributed by atoms with Gasteiger partial charge < -0.3 is 19.9 Å². The van der Waals surface area contributed by atoms with Crippen molar-refractivity contribution in [3.05, 3.63) is 23.8 Å². The van der Waals surface area contributed by atoms with Gasteiger partial charge in [0.15, 0.2) is 6.10 Å². The summed E-state index contributed by atoms with van der Waals surface area (Å²) < 4.78 is 15.8. The minimum Gasteiger partial charge on any atom is -0.497 e. The Morgan fingerprint density at radius 2 is 1.95 bits per heavy atom. The third kappa shape index (κ3) is 4.44. The minimum atomic E-state index is -0.613. The lowest BCUT2D eigenvalue weighted by atomic mass is 10.2. The van der Waals surface area contributed by atoms with Crippen molar-refractivity contribution < 1.29 is 19.0 Å². The van der Waals surface area contributed by atoms with E-state index in [-0.39, 0.29) is 5.97 Å². The lowest BCUT2D eigenvalue weighted by Crippen LogP contribution is -2.28. The standard InChI is InChI=1S/C14H21NO4/c1-4-13(14(16)18-5-2)19-12-7-10(9-15)6-11(8-12)17-3/h6-8,13H,4-5,9,15H2,1-3H3. The summed E-state index contributed by atoms with van der Waals surface area (Å²) in [6.45, 7) is 4.35. The summed E-state index contributed by atoms with van der Waals surface area (Å²) >= 11 is 0. The molecule has 1 atom stereocenters. The van der Waals surface area contributed by atoms with Gasteiger partial charge in [0.1, 0.15) is 11.5 Å². The molecule has 1 aromatic rings. The van der Waals surface area contributed by atoms with Crippen molar-refractivity contribution in [3.63, 3.8) is 0 Å². The quantitative estimate of drug-likeness (QED) is 0.764. The average Bonchev–Trinajstić information content (AvgIpc) is 2.44. The molecule has 0 amide bonds. The Morgan fingerprint density at radius 3 is 2.47 bits per heavy atom. The van der Waals surface area contributed by atoms with Crippen LogP contribution in [0.2, 0.25) is 0 Å². The van der Waals surface area contributed by atoms with Gasteiger partial charge in [-0.15, -0.1) is 0 Å². The number of esters is 1. The Bertz CT molecular complexity index is 398. The van der Waals surface area contributed by atoms with Gasteiger partial charge in [-0.3, -0.25) is 0 Å². The second kappa shape index (κ2) is 7.63. The van der Waals surface area contributed by atoms with E-state index in [2.05, 4.69) is 0 Å². The maximum absolute atomic E-state index is 11.7. The molecule has 0 aliphatic heterocycles. The average molecular weight is 267 g/mol. The summed E-state index contributed by atoms with van der Waals surface area (Å²) in [5.74, 6) is 0.846. The number of nitrogens with two attached hydrogens (primary N) is 1. The van der Waals surface area contributed by atoms with Crippen molar-refractivity contribution in [1.82, 2.24) is 0 Å². The number of benzene rings is 1. The zero-order valence-corrected chi connectivity index (χ0v) is 11.6. The molecule has 0 aliphatic rings. The molecular formula is C14H21NO4. The SMILES string of the molecule is CCOC(=O)C(CC)Oc1cc(CN)cc(OC)c1. The minimum absolute atomic E-state index is 0.338. The highest BCUT2D eigenvalue weighted by atomic mass is 16.6. The third-order valence-corrected chi connectivity index (χ3v) is 2.61. The van der Waals surface area contributed by atoms with Gasteiger partial charge in [0.05, 0.1) is 13.7 Å². The van der Waals surface area contributed by atoms with Crippen LogP contribution in [0.15, 0.2) is 18.2 Å². The molecule has 19 heavy (non-hydrogen) atoms. The lowest BCUT2D eigenvalue weighted by Gasteiger charge is -2.17. The molecule has 0 radical (unpaired) electrons. The lowest BCUT2D eigenvalue weighted by molar-refractivity contribution is -0.151. The van der Waals surface area contributed by atoms with E-state index in [0.717, 1.165) is 5.56 Å². The van der Waals surface area contributed by atoms with Crippen LogP contribution in [0.4, 0.5) is 0 Å². The molecule has 0 heterocycles. The van der Waals surface area contributed by atoms with Crippen LogP contribution < -0.4 is 15.2 Å². The van der Waals surface area contributed by atoms with Crippen LogP contribution in [-0.4, -0.2) is 25.8 Å². The summed E-state index contributed by atoms with van der Waals surface area (Å²) in [5, 5.41) is 0. The highest BCUT2D eigenvalue weighted by molar-refractivity contribution is 5.75. The van der Waals surface area contributed by atoms with Gasteiger partial charge in [0, 0.05) is 12.6 Å². The number of ether oxygens (including phenoxy) is 3. The van der Waals surface area contributed by atoms with Crippen LogP contribution in [-0.2, 0) is 16.1 Å². The molecule has 1 rings (SSSR count). The van der Waals surface area contributed by atoms with Gasteiger partial charge >= 0.3 is 5.97 Å². The zero-order valence-electron chi connectivity index (χ0n) is 11.6. The molecule has 5 heteroatoms.